The Hall–Kier alpha value is -2.64. The summed E-state index contributed by atoms with van der Waals surface area (Å²) in [4.78, 5) is 28.0. The van der Waals surface area contributed by atoms with Crippen LogP contribution in [0, 0.1) is 0 Å². The summed E-state index contributed by atoms with van der Waals surface area (Å²) >= 11 is 0. The maximum Gasteiger partial charge on any atom is 0.231 e. The Kier molecular flexibility index (Phi) is 4.48. The smallest absolute Gasteiger partial charge is 0.231 e. The van der Waals surface area contributed by atoms with Gasteiger partial charge in [0, 0.05) is 25.7 Å². The number of nitrogens with zero attached hydrogens (tertiary/aromatic N) is 5. The van der Waals surface area contributed by atoms with Gasteiger partial charge in [-0.05, 0) is 12.8 Å². The third-order valence-electron chi connectivity index (χ3n) is 5.31. The molecule has 2 aromatic heterocycles. The van der Waals surface area contributed by atoms with E-state index >= 15 is 0 Å². The van der Waals surface area contributed by atoms with E-state index in [1.807, 2.05) is 11.6 Å². The molecule has 0 saturated heterocycles. The zero-order valence-corrected chi connectivity index (χ0v) is 15.2. The van der Waals surface area contributed by atoms with E-state index in [1.54, 1.807) is 19.5 Å². The number of aryl methyl sites for hydroxylation is 1. The topological polar surface area (TPSA) is 85.2 Å². The summed E-state index contributed by atoms with van der Waals surface area (Å²) in [5, 5.41) is 3.24. The Morgan fingerprint density at radius 1 is 1.27 bits per heavy atom. The van der Waals surface area contributed by atoms with E-state index in [0.29, 0.717) is 25.0 Å². The molecule has 0 spiro atoms. The molecule has 1 saturated carbocycles. The van der Waals surface area contributed by atoms with Crippen LogP contribution in [-0.2, 0) is 18.4 Å². The fourth-order valence-electron chi connectivity index (χ4n) is 3.98. The van der Waals surface area contributed by atoms with Crippen molar-refractivity contribution in [3.8, 4) is 5.88 Å². The lowest BCUT2D eigenvalue weighted by molar-refractivity contribution is -0.123. The summed E-state index contributed by atoms with van der Waals surface area (Å²) in [6.07, 6.45) is 7.80. The van der Waals surface area contributed by atoms with Gasteiger partial charge in [-0.15, -0.1) is 0 Å². The number of nitrogens with one attached hydrogen (secondary N) is 1. The fourth-order valence-corrected chi connectivity index (χ4v) is 3.98. The van der Waals surface area contributed by atoms with Gasteiger partial charge in [0.05, 0.1) is 37.3 Å². The SMILES string of the molecule is COc1cc(N2Cc3ncn(C)c3C(C(=O)NC3CCCC3)C2)ncn1. The van der Waals surface area contributed by atoms with E-state index in [1.165, 1.54) is 19.2 Å². The van der Waals surface area contributed by atoms with Crippen molar-refractivity contribution in [1.29, 1.82) is 0 Å². The Morgan fingerprint density at radius 2 is 2.08 bits per heavy atom. The van der Waals surface area contributed by atoms with Crippen LogP contribution in [0.15, 0.2) is 18.7 Å². The van der Waals surface area contributed by atoms with Crippen molar-refractivity contribution < 1.29 is 9.53 Å². The van der Waals surface area contributed by atoms with Crippen LogP contribution in [0.3, 0.4) is 0 Å². The van der Waals surface area contributed by atoms with Gasteiger partial charge in [0.15, 0.2) is 0 Å². The minimum absolute atomic E-state index is 0.0764. The van der Waals surface area contributed by atoms with Gasteiger partial charge < -0.3 is 19.5 Å². The molecule has 1 fully saturated rings. The Balaban J connectivity index is 1.61. The van der Waals surface area contributed by atoms with Crippen molar-refractivity contribution in [2.24, 2.45) is 7.05 Å². The number of methoxy groups -OCH3 is 1. The van der Waals surface area contributed by atoms with Gasteiger partial charge in [-0.25, -0.2) is 15.0 Å². The first-order valence-electron chi connectivity index (χ1n) is 9.07. The van der Waals surface area contributed by atoms with Gasteiger partial charge in [0.2, 0.25) is 11.8 Å². The van der Waals surface area contributed by atoms with Crippen LogP contribution in [0.4, 0.5) is 5.82 Å². The number of amides is 1. The number of carbonyl (C=O) groups excluding carboxylic acids is 1. The minimum Gasteiger partial charge on any atom is -0.481 e. The van der Waals surface area contributed by atoms with Gasteiger partial charge in [-0.2, -0.15) is 0 Å². The van der Waals surface area contributed by atoms with Gasteiger partial charge in [0.25, 0.3) is 0 Å². The molecule has 1 amide bonds. The Morgan fingerprint density at radius 3 is 2.85 bits per heavy atom. The van der Waals surface area contributed by atoms with Crippen molar-refractivity contribution in [3.05, 3.63) is 30.1 Å². The second-order valence-electron chi connectivity index (χ2n) is 7.03. The number of anilines is 1. The lowest BCUT2D eigenvalue weighted by Gasteiger charge is -2.33. The molecule has 1 aliphatic carbocycles. The molecule has 4 rings (SSSR count). The Labute approximate surface area is 152 Å². The molecule has 0 radical (unpaired) electrons. The van der Waals surface area contributed by atoms with Crippen molar-refractivity contribution in [2.45, 2.75) is 44.2 Å². The van der Waals surface area contributed by atoms with E-state index < -0.39 is 0 Å². The average Bonchev–Trinajstić information content (AvgIpc) is 3.31. The van der Waals surface area contributed by atoms with Gasteiger partial charge in [0.1, 0.15) is 12.1 Å². The second kappa shape index (κ2) is 6.93. The van der Waals surface area contributed by atoms with Crippen LogP contribution in [-0.4, -0.2) is 45.1 Å². The molecular formula is C18H24N6O2. The third-order valence-corrected chi connectivity index (χ3v) is 5.31. The molecule has 0 bridgehead atoms. The van der Waals surface area contributed by atoms with Crippen LogP contribution < -0.4 is 15.0 Å². The van der Waals surface area contributed by atoms with Crippen LogP contribution in [0.2, 0.25) is 0 Å². The first-order valence-corrected chi connectivity index (χ1v) is 9.07. The molecule has 8 nitrogen and oxygen atoms in total. The molecule has 3 heterocycles. The second-order valence-corrected chi connectivity index (χ2v) is 7.03. The molecule has 138 valence electrons. The first kappa shape index (κ1) is 16.8. The van der Waals surface area contributed by atoms with Crippen LogP contribution in [0.1, 0.15) is 43.0 Å². The first-order chi connectivity index (χ1) is 12.7. The van der Waals surface area contributed by atoms with E-state index in [4.69, 9.17) is 4.74 Å². The van der Waals surface area contributed by atoms with Crippen LogP contribution >= 0.6 is 0 Å². The fraction of sp³-hybridized carbons (Fsp3) is 0.556. The predicted octanol–water partition coefficient (Wildman–Crippen LogP) is 1.38. The van der Waals surface area contributed by atoms with Crippen molar-refractivity contribution >= 4 is 11.7 Å². The van der Waals surface area contributed by atoms with Crippen molar-refractivity contribution in [2.75, 3.05) is 18.6 Å². The monoisotopic (exact) mass is 356 g/mol. The summed E-state index contributed by atoms with van der Waals surface area (Å²) in [5.41, 5.74) is 1.92. The van der Waals surface area contributed by atoms with Crippen LogP contribution in [0.5, 0.6) is 5.88 Å². The lowest BCUT2D eigenvalue weighted by Crippen LogP contribution is -2.44. The number of rotatable bonds is 4. The summed E-state index contributed by atoms with van der Waals surface area (Å²) in [7, 11) is 3.53. The van der Waals surface area contributed by atoms with Crippen LogP contribution in [0.25, 0.3) is 0 Å². The standard InChI is InChI=1S/C18H24N6O2/c1-23-11-21-14-9-24(15-7-16(26-2)20-10-19-15)8-13(17(14)23)18(25)22-12-5-3-4-6-12/h7,10-13H,3-6,8-9H2,1-2H3,(H,22,25). The van der Waals surface area contributed by atoms with Gasteiger partial charge in [-0.1, -0.05) is 12.8 Å². The van der Waals surface area contributed by atoms with E-state index in [0.717, 1.165) is 30.0 Å². The highest BCUT2D eigenvalue weighted by Gasteiger charge is 2.35. The highest BCUT2D eigenvalue weighted by atomic mass is 16.5. The van der Waals surface area contributed by atoms with Crippen molar-refractivity contribution in [3.63, 3.8) is 0 Å². The van der Waals surface area contributed by atoms with E-state index in [2.05, 4.69) is 25.2 Å². The zero-order chi connectivity index (χ0) is 18.1. The summed E-state index contributed by atoms with van der Waals surface area (Å²) in [6.45, 7) is 1.18. The Bertz CT molecular complexity index is 799. The number of fused-ring (bicyclic) bond motifs is 1. The number of imidazole rings is 1. The lowest BCUT2D eigenvalue weighted by atomic mass is 9.96. The molecule has 26 heavy (non-hydrogen) atoms. The average molecular weight is 356 g/mol. The molecule has 1 unspecified atom stereocenters. The maximum absolute atomic E-state index is 13.0. The molecule has 0 aromatic carbocycles. The number of aromatic nitrogens is 4. The quantitative estimate of drug-likeness (QED) is 0.891. The number of hydrogen-bond donors (Lipinski definition) is 1. The molecule has 8 heteroatoms. The minimum atomic E-state index is -0.271. The normalized spacial score (nSPS) is 20.1. The molecular weight excluding hydrogens is 332 g/mol. The number of hydrogen-bond acceptors (Lipinski definition) is 6. The third kappa shape index (κ3) is 3.11. The van der Waals surface area contributed by atoms with Crippen molar-refractivity contribution in [1.82, 2.24) is 24.8 Å². The maximum atomic E-state index is 13.0. The molecule has 1 aliphatic heterocycles. The molecule has 2 aliphatic rings. The highest BCUT2D eigenvalue weighted by Crippen LogP contribution is 2.31. The largest absolute Gasteiger partial charge is 0.481 e. The van der Waals surface area contributed by atoms with E-state index in [-0.39, 0.29) is 11.8 Å². The molecule has 2 aromatic rings. The highest BCUT2D eigenvalue weighted by molar-refractivity contribution is 5.85. The van der Waals surface area contributed by atoms with E-state index in [9.17, 15) is 4.79 Å². The number of ether oxygens (including phenoxy) is 1. The summed E-state index contributed by atoms with van der Waals surface area (Å²) < 4.78 is 7.17. The summed E-state index contributed by atoms with van der Waals surface area (Å²) in [5.74, 6) is 1.06. The number of carbonyl (C=O) groups is 1. The predicted molar refractivity (Wildman–Crippen MR) is 96.0 cm³/mol. The zero-order valence-electron chi connectivity index (χ0n) is 15.2. The molecule has 1 atom stereocenters. The van der Waals surface area contributed by atoms with Gasteiger partial charge in [-0.3, -0.25) is 4.79 Å². The molecule has 1 N–H and O–H groups in total. The van der Waals surface area contributed by atoms with Gasteiger partial charge >= 0.3 is 0 Å². The summed E-state index contributed by atoms with van der Waals surface area (Å²) in [6, 6.07) is 2.09.